The third kappa shape index (κ3) is 7.04. The fourth-order valence-corrected chi connectivity index (χ4v) is 5.57. The number of aromatic nitrogens is 1. The number of aromatic amines is 1. The van der Waals surface area contributed by atoms with Crippen molar-refractivity contribution in [2.75, 3.05) is 36.0 Å². The minimum atomic E-state index is -1.14. The molecule has 12 heteroatoms. The summed E-state index contributed by atoms with van der Waals surface area (Å²) in [5.41, 5.74) is 20.9. The summed E-state index contributed by atoms with van der Waals surface area (Å²) >= 11 is 6.26. The molecule has 0 amide bonds. The van der Waals surface area contributed by atoms with Gasteiger partial charge in [0.1, 0.15) is 5.49 Å². The third-order valence-electron chi connectivity index (χ3n) is 7.50. The Hall–Kier alpha value is -3.64. The van der Waals surface area contributed by atoms with Crippen LogP contribution < -0.4 is 37.7 Å². The van der Waals surface area contributed by atoms with Crippen LogP contribution in [0.5, 0.6) is 0 Å². The molecule has 3 unspecified atom stereocenters. The Labute approximate surface area is 249 Å². The second kappa shape index (κ2) is 13.1. The average molecular weight is 597 g/mol. The number of nitrogens with two attached hydrogens (primary N) is 3. The van der Waals surface area contributed by atoms with E-state index in [9.17, 15) is 5.11 Å². The SMILES string of the molecule is CC(N)CCCc1cc(Cl)c(F)c(-c2cc3c([nH]2)=NC(O)N(c2ccc(N4CCOC(CCN=C(N)N)C4)cc2)C=3)c1. The molecule has 42 heavy (non-hydrogen) atoms. The summed E-state index contributed by atoms with van der Waals surface area (Å²) in [7, 11) is 0. The standard InChI is InChI=1S/C30H38ClFN8O2/c1-18(33)3-2-4-19-13-24(27(32)25(31)14-19)26-15-20-16-40(30(41)38-28(20)37-26)22-7-5-21(6-8-22)39-11-12-42-23(17-39)9-10-36-29(34)35/h5-8,13-16,18,23,30,41H,2-4,9-12,17,33H2,1H3,(H,37,38)(H4,34,35,36). The number of ether oxygens (including phenoxy) is 1. The molecule has 0 bridgehead atoms. The van der Waals surface area contributed by atoms with E-state index in [1.165, 1.54) is 0 Å². The number of hydrogen-bond acceptors (Lipinski definition) is 7. The second-order valence-electron chi connectivity index (χ2n) is 10.9. The predicted molar refractivity (Wildman–Crippen MR) is 165 cm³/mol. The molecule has 1 aromatic heterocycles. The summed E-state index contributed by atoms with van der Waals surface area (Å²) in [6.45, 7) is 4.61. The Balaban J connectivity index is 1.33. The number of rotatable bonds is 10. The molecule has 3 heterocycles. The van der Waals surface area contributed by atoms with E-state index in [-0.39, 0.29) is 23.1 Å². The van der Waals surface area contributed by atoms with Crippen molar-refractivity contribution in [1.82, 2.24) is 4.98 Å². The van der Waals surface area contributed by atoms with E-state index >= 15 is 4.39 Å². The summed E-state index contributed by atoms with van der Waals surface area (Å²) in [6.07, 6.45) is 3.94. The lowest BCUT2D eigenvalue weighted by molar-refractivity contribution is 0.0369. The second-order valence-corrected chi connectivity index (χ2v) is 11.3. The first-order valence-corrected chi connectivity index (χ1v) is 14.6. The van der Waals surface area contributed by atoms with Crippen LogP contribution in [0.3, 0.4) is 0 Å². The van der Waals surface area contributed by atoms with Gasteiger partial charge in [-0.05, 0) is 80.6 Å². The van der Waals surface area contributed by atoms with Crippen LogP contribution in [0.2, 0.25) is 5.02 Å². The first kappa shape index (κ1) is 29.8. The Bertz CT molecular complexity index is 1540. The van der Waals surface area contributed by atoms with Crippen molar-refractivity contribution in [2.24, 2.45) is 27.2 Å². The van der Waals surface area contributed by atoms with E-state index in [1.807, 2.05) is 49.5 Å². The fourth-order valence-electron chi connectivity index (χ4n) is 5.33. The minimum absolute atomic E-state index is 0.0360. The van der Waals surface area contributed by atoms with Gasteiger partial charge in [0.15, 0.2) is 11.8 Å². The third-order valence-corrected chi connectivity index (χ3v) is 7.77. The minimum Gasteiger partial charge on any atom is -0.374 e. The number of benzene rings is 2. The Morgan fingerprint density at radius 2 is 2.00 bits per heavy atom. The maximum Gasteiger partial charge on any atom is 0.231 e. The van der Waals surface area contributed by atoms with Crippen molar-refractivity contribution in [3.8, 4) is 11.3 Å². The van der Waals surface area contributed by atoms with E-state index in [0.717, 1.165) is 60.9 Å². The van der Waals surface area contributed by atoms with Crippen molar-refractivity contribution in [1.29, 1.82) is 0 Å². The van der Waals surface area contributed by atoms with Crippen molar-refractivity contribution in [3.63, 3.8) is 0 Å². The summed E-state index contributed by atoms with van der Waals surface area (Å²) in [6, 6.07) is 13.3. The molecule has 1 saturated heterocycles. The van der Waals surface area contributed by atoms with Crippen molar-refractivity contribution >= 4 is 35.1 Å². The van der Waals surface area contributed by atoms with Gasteiger partial charge in [0.2, 0.25) is 6.35 Å². The number of aliphatic hydroxyl groups is 1. The van der Waals surface area contributed by atoms with Crippen molar-refractivity contribution in [2.45, 2.75) is 51.1 Å². The molecule has 0 aliphatic carbocycles. The van der Waals surface area contributed by atoms with Crippen LogP contribution in [0.4, 0.5) is 15.8 Å². The molecule has 3 aromatic rings. The first-order valence-electron chi connectivity index (χ1n) is 14.2. The van der Waals surface area contributed by atoms with Crippen LogP contribution >= 0.6 is 11.6 Å². The van der Waals surface area contributed by atoms with Crippen LogP contribution in [0.1, 0.15) is 31.7 Å². The van der Waals surface area contributed by atoms with Gasteiger partial charge in [-0.15, -0.1) is 0 Å². The summed E-state index contributed by atoms with van der Waals surface area (Å²) < 4.78 is 21.0. The topological polar surface area (TPSA) is 155 Å². The maximum atomic E-state index is 15.1. The highest BCUT2D eigenvalue weighted by Gasteiger charge is 2.22. The number of aliphatic hydroxyl groups excluding tert-OH is 1. The number of aliphatic imine (C=N–C) groups is 1. The van der Waals surface area contributed by atoms with Crippen LogP contribution in [-0.4, -0.2) is 60.8 Å². The Morgan fingerprint density at radius 1 is 1.24 bits per heavy atom. The molecule has 3 atom stereocenters. The van der Waals surface area contributed by atoms with E-state index in [4.69, 9.17) is 33.5 Å². The fraction of sp³-hybridized carbons (Fsp3) is 0.400. The van der Waals surface area contributed by atoms with Gasteiger partial charge >= 0.3 is 0 Å². The van der Waals surface area contributed by atoms with Gasteiger partial charge in [-0.1, -0.05) is 11.6 Å². The van der Waals surface area contributed by atoms with E-state index in [0.29, 0.717) is 29.9 Å². The predicted octanol–water partition coefficient (Wildman–Crippen LogP) is 2.17. The lowest BCUT2D eigenvalue weighted by atomic mass is 10.0. The summed E-state index contributed by atoms with van der Waals surface area (Å²) in [5, 5.41) is 11.7. The van der Waals surface area contributed by atoms with E-state index in [1.54, 1.807) is 11.0 Å². The molecule has 8 N–H and O–H groups in total. The van der Waals surface area contributed by atoms with Gasteiger partial charge in [0.25, 0.3) is 0 Å². The molecule has 0 spiro atoms. The zero-order valence-corrected chi connectivity index (χ0v) is 24.4. The first-order chi connectivity index (χ1) is 20.2. The van der Waals surface area contributed by atoms with Crippen molar-refractivity contribution in [3.05, 3.63) is 69.6 Å². The Kier molecular flexibility index (Phi) is 9.32. The number of nitrogens with zero attached hydrogens (tertiary/aromatic N) is 4. The van der Waals surface area contributed by atoms with Crippen LogP contribution in [-0.2, 0) is 11.2 Å². The highest BCUT2D eigenvalue weighted by molar-refractivity contribution is 6.31. The quantitative estimate of drug-likeness (QED) is 0.177. The lowest BCUT2D eigenvalue weighted by Crippen LogP contribution is -2.43. The number of fused-ring (bicyclic) bond motifs is 1. The molecule has 0 saturated carbocycles. The van der Waals surface area contributed by atoms with Gasteiger partial charge in [0.05, 0.1) is 23.4 Å². The molecular weight excluding hydrogens is 559 g/mol. The summed E-state index contributed by atoms with van der Waals surface area (Å²) in [4.78, 5) is 15.6. The monoisotopic (exact) mass is 596 g/mol. The molecular formula is C30H38ClFN8O2. The smallest absolute Gasteiger partial charge is 0.231 e. The van der Waals surface area contributed by atoms with Gasteiger partial charge in [-0.2, -0.15) is 0 Å². The van der Waals surface area contributed by atoms with Crippen LogP contribution in [0.25, 0.3) is 17.5 Å². The average Bonchev–Trinajstić information content (AvgIpc) is 3.37. The highest BCUT2D eigenvalue weighted by atomic mass is 35.5. The van der Waals surface area contributed by atoms with Gasteiger partial charge < -0.3 is 41.8 Å². The number of aryl methyl sites for hydroxylation is 1. The van der Waals surface area contributed by atoms with Gasteiger partial charge in [0, 0.05) is 54.0 Å². The molecule has 5 rings (SSSR count). The number of nitrogens with one attached hydrogen (secondary N) is 1. The van der Waals surface area contributed by atoms with Crippen LogP contribution in [0.15, 0.2) is 52.4 Å². The zero-order chi connectivity index (χ0) is 29.8. The van der Waals surface area contributed by atoms with Crippen molar-refractivity contribution < 1.29 is 14.2 Å². The maximum absolute atomic E-state index is 15.1. The van der Waals surface area contributed by atoms with Gasteiger partial charge in [-0.25, -0.2) is 9.38 Å². The molecule has 2 aliphatic rings. The lowest BCUT2D eigenvalue weighted by Gasteiger charge is -2.34. The summed E-state index contributed by atoms with van der Waals surface area (Å²) in [5.74, 6) is -0.417. The normalized spacial score (nSPS) is 19.1. The zero-order valence-electron chi connectivity index (χ0n) is 23.6. The number of anilines is 2. The molecule has 0 radical (unpaired) electrons. The van der Waals surface area contributed by atoms with E-state index < -0.39 is 12.2 Å². The number of halogens is 2. The molecule has 2 aliphatic heterocycles. The number of hydrogen-bond donors (Lipinski definition) is 5. The number of morpholine rings is 1. The molecule has 224 valence electrons. The molecule has 2 aromatic carbocycles. The molecule has 10 nitrogen and oxygen atoms in total. The largest absolute Gasteiger partial charge is 0.374 e. The highest BCUT2D eigenvalue weighted by Crippen LogP contribution is 2.29. The number of guanidine groups is 1. The molecule has 1 fully saturated rings. The van der Waals surface area contributed by atoms with Gasteiger partial charge in [-0.3, -0.25) is 4.99 Å². The van der Waals surface area contributed by atoms with Crippen LogP contribution in [0, 0.1) is 5.82 Å². The number of H-pyrrole nitrogens is 1. The Morgan fingerprint density at radius 3 is 2.74 bits per heavy atom. The van der Waals surface area contributed by atoms with E-state index in [2.05, 4.69) is 19.9 Å².